The number of nitroso groups, excluding NO2 is 1. The van der Waals surface area contributed by atoms with Gasteiger partial charge in [-0.15, -0.1) is 0 Å². The van der Waals surface area contributed by atoms with Gasteiger partial charge in [0.1, 0.15) is 5.75 Å². The Balaban J connectivity index is 1.19. The topological polar surface area (TPSA) is 102 Å². The standard InChI is InChI=1S/C26H34N4O7/c1-33-19-6-7-20-22(15-19)37-24(30(20)32)9-10-27-23(31)17-29-13-11-28(12-14-29)16-18-5-8-21(34-2)26(36-4)25(18)35-3/h5-8,15,24H,9-14,16-17H2,1-4H3/p+1. The first-order chi connectivity index (χ1) is 18.0. The molecule has 2 aliphatic rings. The number of rotatable bonds is 11. The van der Waals surface area contributed by atoms with Crippen molar-refractivity contribution in [1.29, 1.82) is 0 Å². The zero-order valence-electron chi connectivity index (χ0n) is 21.8. The number of fused-ring (bicyclic) bond motifs is 1. The lowest BCUT2D eigenvalue weighted by molar-refractivity contribution is -0.529. The molecule has 200 valence electrons. The predicted octanol–water partition coefficient (Wildman–Crippen LogP) is 2.17. The summed E-state index contributed by atoms with van der Waals surface area (Å²) in [5.74, 6) is 2.95. The summed E-state index contributed by atoms with van der Waals surface area (Å²) in [6, 6.07) is 8.98. The number of hydrogen-bond donors (Lipinski definition) is 1. The van der Waals surface area contributed by atoms with Gasteiger partial charge in [0, 0.05) is 61.9 Å². The molecule has 0 spiro atoms. The number of carbonyl (C=O) groups is 1. The largest absolute Gasteiger partial charge is 0.497 e. The fourth-order valence-electron chi connectivity index (χ4n) is 4.65. The predicted molar refractivity (Wildman–Crippen MR) is 136 cm³/mol. The Morgan fingerprint density at radius 2 is 1.70 bits per heavy atom. The molecular weight excluding hydrogens is 480 g/mol. The summed E-state index contributed by atoms with van der Waals surface area (Å²) in [5, 5.41) is 2.91. The Hall–Kier alpha value is -3.57. The molecule has 2 aromatic carbocycles. The Bertz CT molecular complexity index is 1120. The highest BCUT2D eigenvalue weighted by Gasteiger charge is 2.40. The van der Waals surface area contributed by atoms with E-state index >= 15 is 0 Å². The number of ether oxygens (including phenoxy) is 5. The fourth-order valence-corrected chi connectivity index (χ4v) is 4.65. The van der Waals surface area contributed by atoms with E-state index in [-0.39, 0.29) is 5.91 Å². The third-order valence-corrected chi connectivity index (χ3v) is 6.65. The van der Waals surface area contributed by atoms with Crippen molar-refractivity contribution in [3.8, 4) is 28.7 Å². The molecule has 11 nitrogen and oxygen atoms in total. The molecule has 0 aromatic heterocycles. The van der Waals surface area contributed by atoms with Crippen LogP contribution in [0.2, 0.25) is 0 Å². The molecule has 1 N–H and O–H groups in total. The zero-order chi connectivity index (χ0) is 26.4. The Morgan fingerprint density at radius 3 is 2.38 bits per heavy atom. The van der Waals surface area contributed by atoms with Crippen LogP contribution in [0.25, 0.3) is 0 Å². The second-order valence-electron chi connectivity index (χ2n) is 8.92. The SMILES string of the molecule is COc1ccc2c(c1)OC(CCNC(=O)CN1CCN(Cc3ccc(OC)c(OC)c3OC)CC1)[N+]2=O. The van der Waals surface area contributed by atoms with E-state index in [1.807, 2.05) is 12.1 Å². The van der Waals surface area contributed by atoms with Gasteiger partial charge < -0.3 is 29.0 Å². The third-order valence-electron chi connectivity index (χ3n) is 6.65. The summed E-state index contributed by atoms with van der Waals surface area (Å²) >= 11 is 0. The monoisotopic (exact) mass is 515 g/mol. The Morgan fingerprint density at radius 1 is 0.973 bits per heavy atom. The highest BCUT2D eigenvalue weighted by molar-refractivity contribution is 5.78. The number of methoxy groups -OCH3 is 4. The molecule has 0 saturated carbocycles. The molecule has 0 radical (unpaired) electrons. The lowest BCUT2D eigenvalue weighted by atomic mass is 10.1. The first-order valence-corrected chi connectivity index (χ1v) is 12.3. The number of hydrogen-bond acceptors (Lipinski definition) is 9. The van der Waals surface area contributed by atoms with E-state index in [0.717, 1.165) is 36.5 Å². The molecule has 2 heterocycles. The van der Waals surface area contributed by atoms with Crippen LogP contribution < -0.4 is 29.0 Å². The molecule has 0 bridgehead atoms. The van der Waals surface area contributed by atoms with Crippen LogP contribution in [0.3, 0.4) is 0 Å². The molecule has 0 aliphatic carbocycles. The van der Waals surface area contributed by atoms with Crippen molar-refractivity contribution in [2.75, 3.05) is 67.7 Å². The average Bonchev–Trinajstić information content (AvgIpc) is 3.23. The van der Waals surface area contributed by atoms with Crippen molar-refractivity contribution in [2.24, 2.45) is 0 Å². The normalized spacial score (nSPS) is 17.6. The van der Waals surface area contributed by atoms with Crippen LogP contribution >= 0.6 is 0 Å². The van der Waals surface area contributed by atoms with Crippen molar-refractivity contribution in [3.63, 3.8) is 0 Å². The summed E-state index contributed by atoms with van der Waals surface area (Å²) in [6.07, 6.45) is -0.285. The van der Waals surface area contributed by atoms with Gasteiger partial charge in [-0.1, -0.05) is 6.07 Å². The maximum atomic E-state index is 12.5. The molecule has 11 heteroatoms. The van der Waals surface area contributed by atoms with Crippen LogP contribution in [0.15, 0.2) is 30.3 Å². The number of amides is 1. The molecule has 2 aromatic rings. The van der Waals surface area contributed by atoms with Gasteiger partial charge in [0.25, 0.3) is 0 Å². The Kier molecular flexibility index (Phi) is 8.67. The Labute approximate surface area is 216 Å². The molecule has 2 aliphatic heterocycles. The summed E-state index contributed by atoms with van der Waals surface area (Å²) in [5.41, 5.74) is 1.49. The summed E-state index contributed by atoms with van der Waals surface area (Å²) in [7, 11) is 6.39. The van der Waals surface area contributed by atoms with E-state index in [2.05, 4.69) is 15.1 Å². The van der Waals surface area contributed by atoms with Gasteiger partial charge in [0.2, 0.25) is 17.4 Å². The van der Waals surface area contributed by atoms with Crippen LogP contribution in [0.5, 0.6) is 28.7 Å². The molecule has 37 heavy (non-hydrogen) atoms. The maximum absolute atomic E-state index is 12.5. The lowest BCUT2D eigenvalue weighted by Gasteiger charge is -2.34. The van der Waals surface area contributed by atoms with E-state index in [1.54, 1.807) is 46.6 Å². The van der Waals surface area contributed by atoms with Crippen LogP contribution in [-0.4, -0.2) is 94.4 Å². The smallest absolute Gasteiger partial charge is 0.352 e. The van der Waals surface area contributed by atoms with E-state index in [4.69, 9.17) is 23.7 Å². The van der Waals surface area contributed by atoms with Crippen molar-refractivity contribution >= 4 is 11.6 Å². The average molecular weight is 516 g/mol. The van der Waals surface area contributed by atoms with Crippen LogP contribution in [0, 0.1) is 4.91 Å². The quantitative estimate of drug-likeness (QED) is 0.451. The van der Waals surface area contributed by atoms with Crippen molar-refractivity contribution in [3.05, 3.63) is 40.8 Å². The number of benzene rings is 2. The minimum atomic E-state index is -0.667. The minimum absolute atomic E-state index is 0.0651. The van der Waals surface area contributed by atoms with Gasteiger partial charge in [-0.25, -0.2) is 0 Å². The first kappa shape index (κ1) is 26.5. The molecule has 1 saturated heterocycles. The highest BCUT2D eigenvalue weighted by atomic mass is 16.5. The van der Waals surface area contributed by atoms with Crippen molar-refractivity contribution in [1.82, 2.24) is 15.1 Å². The van der Waals surface area contributed by atoms with E-state index in [9.17, 15) is 9.70 Å². The van der Waals surface area contributed by atoms with Crippen LogP contribution in [0.1, 0.15) is 12.0 Å². The second kappa shape index (κ2) is 12.1. The fraction of sp³-hybridized carbons (Fsp3) is 0.500. The minimum Gasteiger partial charge on any atom is -0.497 e. The van der Waals surface area contributed by atoms with Crippen molar-refractivity contribution < 1.29 is 33.2 Å². The van der Waals surface area contributed by atoms with Gasteiger partial charge in [-0.2, -0.15) is 0 Å². The van der Waals surface area contributed by atoms with Gasteiger partial charge in [-0.3, -0.25) is 14.6 Å². The lowest BCUT2D eigenvalue weighted by Crippen LogP contribution is -2.49. The molecule has 1 atom stereocenters. The van der Waals surface area contributed by atoms with Crippen LogP contribution in [0.4, 0.5) is 5.69 Å². The molecule has 1 amide bonds. The molecule has 1 unspecified atom stereocenters. The summed E-state index contributed by atoms with van der Waals surface area (Å²) in [4.78, 5) is 29.4. The number of nitrogens with one attached hydrogen (secondary N) is 1. The van der Waals surface area contributed by atoms with Gasteiger partial charge >= 0.3 is 11.9 Å². The molecule has 1 fully saturated rings. The van der Waals surface area contributed by atoms with Gasteiger partial charge in [0.05, 0.1) is 46.2 Å². The summed E-state index contributed by atoms with van der Waals surface area (Å²) < 4.78 is 28.2. The van der Waals surface area contributed by atoms with Gasteiger partial charge in [-0.05, 0) is 12.1 Å². The highest BCUT2D eigenvalue weighted by Crippen LogP contribution is 2.40. The van der Waals surface area contributed by atoms with E-state index in [1.165, 1.54) is 0 Å². The third kappa shape index (κ3) is 6.05. The van der Waals surface area contributed by atoms with E-state index < -0.39 is 6.23 Å². The number of piperazine rings is 1. The maximum Gasteiger partial charge on any atom is 0.352 e. The zero-order valence-corrected chi connectivity index (χ0v) is 21.8. The molecular formula is C26H35N4O7+. The number of carbonyl (C=O) groups excluding carboxylic acids is 1. The summed E-state index contributed by atoms with van der Waals surface area (Å²) in [6.45, 7) is 4.59. The second-order valence-corrected chi connectivity index (χ2v) is 8.92. The first-order valence-electron chi connectivity index (χ1n) is 12.3. The molecule has 4 rings (SSSR count). The van der Waals surface area contributed by atoms with Crippen LogP contribution in [-0.2, 0) is 11.3 Å². The van der Waals surface area contributed by atoms with E-state index in [0.29, 0.717) is 60.5 Å². The van der Waals surface area contributed by atoms with Gasteiger partial charge in [0.15, 0.2) is 11.5 Å². The number of nitrogens with zero attached hydrogens (tertiary/aromatic N) is 3. The van der Waals surface area contributed by atoms with Crippen molar-refractivity contribution in [2.45, 2.75) is 19.2 Å².